The molecular weight excluding hydrogens is 246 g/mol. The Morgan fingerprint density at radius 1 is 1.33 bits per heavy atom. The minimum Gasteiger partial charge on any atom is -0.475 e. The SMILES string of the molecule is CCSCCC(C)Nc1cc(OC(C)C)ncn1. The summed E-state index contributed by atoms with van der Waals surface area (Å²) >= 11 is 1.96. The third kappa shape index (κ3) is 6.10. The van der Waals surface area contributed by atoms with Crippen molar-refractivity contribution in [1.29, 1.82) is 0 Å². The lowest BCUT2D eigenvalue weighted by atomic mass is 10.2. The number of thioether (sulfide) groups is 1. The molecule has 0 aliphatic carbocycles. The Morgan fingerprint density at radius 2 is 2.11 bits per heavy atom. The molecule has 0 radical (unpaired) electrons. The van der Waals surface area contributed by atoms with Gasteiger partial charge in [0, 0.05) is 12.1 Å². The molecule has 5 heteroatoms. The molecule has 1 aromatic rings. The number of nitrogens with one attached hydrogen (secondary N) is 1. The zero-order valence-corrected chi connectivity index (χ0v) is 12.5. The van der Waals surface area contributed by atoms with Crippen LogP contribution in [0.15, 0.2) is 12.4 Å². The van der Waals surface area contributed by atoms with Gasteiger partial charge in [0.05, 0.1) is 6.10 Å². The highest BCUT2D eigenvalue weighted by Crippen LogP contribution is 2.14. The molecule has 4 nitrogen and oxygen atoms in total. The van der Waals surface area contributed by atoms with Crippen LogP contribution in [0.3, 0.4) is 0 Å². The van der Waals surface area contributed by atoms with Crippen LogP contribution in [0.2, 0.25) is 0 Å². The van der Waals surface area contributed by atoms with Crippen LogP contribution < -0.4 is 10.1 Å². The molecule has 0 saturated carbocycles. The average molecular weight is 269 g/mol. The first-order chi connectivity index (χ1) is 8.61. The molecule has 1 N–H and O–H groups in total. The molecule has 0 aliphatic heterocycles. The summed E-state index contributed by atoms with van der Waals surface area (Å²) in [6.45, 7) is 8.32. The summed E-state index contributed by atoms with van der Waals surface area (Å²) in [6, 6.07) is 2.26. The van der Waals surface area contributed by atoms with E-state index < -0.39 is 0 Å². The van der Waals surface area contributed by atoms with Crippen molar-refractivity contribution >= 4 is 17.6 Å². The maximum Gasteiger partial charge on any atom is 0.218 e. The molecule has 0 saturated heterocycles. The monoisotopic (exact) mass is 269 g/mol. The second-order valence-electron chi connectivity index (χ2n) is 4.44. The standard InChI is InChI=1S/C13H23N3OS/c1-5-18-7-6-11(4)16-12-8-13(15-9-14-12)17-10(2)3/h8-11H,5-7H2,1-4H3,(H,14,15,16). The summed E-state index contributed by atoms with van der Waals surface area (Å²) in [4.78, 5) is 8.29. The van der Waals surface area contributed by atoms with Crippen molar-refractivity contribution in [3.05, 3.63) is 12.4 Å². The van der Waals surface area contributed by atoms with Crippen molar-refractivity contribution in [2.45, 2.75) is 46.3 Å². The molecule has 102 valence electrons. The molecule has 1 unspecified atom stereocenters. The number of nitrogens with zero attached hydrogens (tertiary/aromatic N) is 2. The second kappa shape index (κ2) is 8.19. The van der Waals surface area contributed by atoms with Crippen molar-refractivity contribution in [1.82, 2.24) is 9.97 Å². The van der Waals surface area contributed by atoms with Gasteiger partial charge in [-0.15, -0.1) is 0 Å². The van der Waals surface area contributed by atoms with Crippen LogP contribution in [0.1, 0.15) is 34.1 Å². The van der Waals surface area contributed by atoms with Crippen LogP contribution in [0, 0.1) is 0 Å². The number of ether oxygens (including phenoxy) is 1. The molecule has 1 heterocycles. The fourth-order valence-corrected chi connectivity index (χ4v) is 2.26. The van der Waals surface area contributed by atoms with Gasteiger partial charge < -0.3 is 10.1 Å². The van der Waals surface area contributed by atoms with Gasteiger partial charge in [-0.2, -0.15) is 11.8 Å². The van der Waals surface area contributed by atoms with E-state index in [0.717, 1.165) is 12.2 Å². The van der Waals surface area contributed by atoms with Gasteiger partial charge in [0.15, 0.2) is 0 Å². The molecule has 0 bridgehead atoms. The maximum atomic E-state index is 5.54. The Labute approximate surface area is 114 Å². The third-order valence-electron chi connectivity index (χ3n) is 2.29. The highest BCUT2D eigenvalue weighted by atomic mass is 32.2. The van der Waals surface area contributed by atoms with E-state index in [0.29, 0.717) is 11.9 Å². The van der Waals surface area contributed by atoms with Crippen molar-refractivity contribution in [2.75, 3.05) is 16.8 Å². The van der Waals surface area contributed by atoms with E-state index in [2.05, 4.69) is 29.1 Å². The molecule has 1 atom stereocenters. The molecule has 0 aromatic carbocycles. The predicted octanol–water partition coefficient (Wildman–Crippen LogP) is 3.21. The van der Waals surface area contributed by atoms with E-state index in [1.54, 1.807) is 0 Å². The van der Waals surface area contributed by atoms with Crippen molar-refractivity contribution in [3.63, 3.8) is 0 Å². The first-order valence-corrected chi connectivity index (χ1v) is 7.60. The fourth-order valence-electron chi connectivity index (χ4n) is 1.45. The van der Waals surface area contributed by atoms with Crippen LogP contribution in [0.25, 0.3) is 0 Å². The first-order valence-electron chi connectivity index (χ1n) is 6.44. The zero-order valence-electron chi connectivity index (χ0n) is 11.6. The summed E-state index contributed by atoms with van der Waals surface area (Å²) in [7, 11) is 0. The van der Waals surface area contributed by atoms with Crippen LogP contribution in [0.4, 0.5) is 5.82 Å². The van der Waals surface area contributed by atoms with E-state index >= 15 is 0 Å². The van der Waals surface area contributed by atoms with Gasteiger partial charge in [0.1, 0.15) is 12.1 Å². The molecule has 1 rings (SSSR count). The third-order valence-corrected chi connectivity index (χ3v) is 3.22. The lowest BCUT2D eigenvalue weighted by Gasteiger charge is -2.15. The zero-order chi connectivity index (χ0) is 13.4. The Bertz CT molecular complexity index is 347. The number of hydrogen-bond acceptors (Lipinski definition) is 5. The van der Waals surface area contributed by atoms with Gasteiger partial charge in [0.2, 0.25) is 5.88 Å². The number of hydrogen-bond donors (Lipinski definition) is 1. The van der Waals surface area contributed by atoms with Gasteiger partial charge in [-0.05, 0) is 38.7 Å². The maximum absolute atomic E-state index is 5.54. The lowest BCUT2D eigenvalue weighted by molar-refractivity contribution is 0.232. The van der Waals surface area contributed by atoms with Crippen molar-refractivity contribution < 1.29 is 4.74 Å². The Morgan fingerprint density at radius 3 is 2.78 bits per heavy atom. The van der Waals surface area contributed by atoms with Crippen LogP contribution >= 0.6 is 11.8 Å². The predicted molar refractivity (Wildman–Crippen MR) is 78.5 cm³/mol. The van der Waals surface area contributed by atoms with E-state index in [1.807, 2.05) is 31.7 Å². The summed E-state index contributed by atoms with van der Waals surface area (Å²) in [5, 5.41) is 3.37. The molecule has 0 fully saturated rings. The molecule has 1 aromatic heterocycles. The van der Waals surface area contributed by atoms with Gasteiger partial charge >= 0.3 is 0 Å². The summed E-state index contributed by atoms with van der Waals surface area (Å²) < 4.78 is 5.54. The lowest BCUT2D eigenvalue weighted by Crippen LogP contribution is -2.17. The molecule has 0 spiro atoms. The van der Waals surface area contributed by atoms with Crippen molar-refractivity contribution in [3.8, 4) is 5.88 Å². The summed E-state index contributed by atoms with van der Waals surface area (Å²) in [5.41, 5.74) is 0. The highest BCUT2D eigenvalue weighted by Gasteiger charge is 2.05. The average Bonchev–Trinajstić information content (AvgIpc) is 2.28. The van der Waals surface area contributed by atoms with E-state index in [-0.39, 0.29) is 6.10 Å². The smallest absolute Gasteiger partial charge is 0.218 e. The Hall–Kier alpha value is -0.970. The normalized spacial score (nSPS) is 12.5. The van der Waals surface area contributed by atoms with Gasteiger partial charge in [-0.3, -0.25) is 0 Å². The van der Waals surface area contributed by atoms with E-state index in [4.69, 9.17) is 4.74 Å². The fraction of sp³-hybridized carbons (Fsp3) is 0.692. The summed E-state index contributed by atoms with van der Waals surface area (Å²) in [5.74, 6) is 3.80. The first kappa shape index (κ1) is 15.1. The minimum atomic E-state index is 0.131. The number of rotatable bonds is 8. The highest BCUT2D eigenvalue weighted by molar-refractivity contribution is 7.99. The molecule has 0 aliphatic rings. The second-order valence-corrected chi connectivity index (χ2v) is 5.83. The van der Waals surface area contributed by atoms with Crippen molar-refractivity contribution in [2.24, 2.45) is 0 Å². The van der Waals surface area contributed by atoms with E-state index in [9.17, 15) is 0 Å². The molecule has 18 heavy (non-hydrogen) atoms. The van der Waals surface area contributed by atoms with Gasteiger partial charge in [-0.1, -0.05) is 6.92 Å². The van der Waals surface area contributed by atoms with Gasteiger partial charge in [-0.25, -0.2) is 9.97 Å². The summed E-state index contributed by atoms with van der Waals surface area (Å²) in [6.07, 6.45) is 2.79. The quantitative estimate of drug-likeness (QED) is 0.734. The largest absolute Gasteiger partial charge is 0.475 e. The minimum absolute atomic E-state index is 0.131. The molecule has 0 amide bonds. The Kier molecular flexibility index (Phi) is 6.86. The molecular formula is C13H23N3OS. The van der Waals surface area contributed by atoms with Gasteiger partial charge in [0.25, 0.3) is 0 Å². The number of aromatic nitrogens is 2. The van der Waals surface area contributed by atoms with E-state index in [1.165, 1.54) is 17.8 Å². The van der Waals surface area contributed by atoms with Crippen LogP contribution in [0.5, 0.6) is 5.88 Å². The van der Waals surface area contributed by atoms with Crippen LogP contribution in [-0.2, 0) is 0 Å². The topological polar surface area (TPSA) is 47.0 Å². The number of anilines is 1. The van der Waals surface area contributed by atoms with Crippen LogP contribution in [-0.4, -0.2) is 33.6 Å². The Balaban J connectivity index is 2.45.